The molecule has 3 unspecified atom stereocenters. The number of carbonyl (C=O) groups excluding carboxylic acids is 1. The van der Waals surface area contributed by atoms with E-state index in [1.54, 1.807) is 0 Å². The molecule has 2 heterocycles. The van der Waals surface area contributed by atoms with Crippen LogP contribution < -0.4 is 0 Å². The zero-order valence-corrected chi connectivity index (χ0v) is 18.7. The first-order valence-corrected chi connectivity index (χ1v) is 12.1. The molecule has 0 N–H and O–H groups in total. The van der Waals surface area contributed by atoms with E-state index in [2.05, 4.69) is 26.8 Å². The summed E-state index contributed by atoms with van der Waals surface area (Å²) in [5.74, 6) is 0.990. The molecule has 0 radical (unpaired) electrons. The number of rotatable bonds is 1. The van der Waals surface area contributed by atoms with Gasteiger partial charge in [0.15, 0.2) is 11.6 Å². The van der Waals surface area contributed by atoms with Gasteiger partial charge in [0, 0.05) is 31.1 Å². The van der Waals surface area contributed by atoms with Crippen LogP contribution in [0.3, 0.4) is 0 Å². The molecule has 6 rings (SSSR count). The summed E-state index contributed by atoms with van der Waals surface area (Å²) >= 11 is 0. The largest absolute Gasteiger partial charge is 0.348 e. The topological polar surface area (TPSA) is 54.0 Å². The van der Waals surface area contributed by atoms with Crippen LogP contribution in [0.15, 0.2) is 11.6 Å². The molecule has 2 saturated heterocycles. The molecule has 3 saturated carbocycles. The molecule has 6 atom stereocenters. The SMILES string of the molecule is CC1([C@H]2CCC3C4CC=C5CC6(CC[C@]5(C)C4C(=O)C[C@@]32C)OCCO6)OCCO1. The van der Waals surface area contributed by atoms with Crippen molar-refractivity contribution < 1.29 is 23.7 Å². The molecule has 30 heavy (non-hydrogen) atoms. The highest BCUT2D eigenvalue weighted by molar-refractivity contribution is 5.85. The van der Waals surface area contributed by atoms with Crippen LogP contribution in [0.25, 0.3) is 0 Å². The summed E-state index contributed by atoms with van der Waals surface area (Å²) in [5.41, 5.74) is 1.36. The normalized spacial score (nSPS) is 48.9. The molecule has 4 aliphatic carbocycles. The van der Waals surface area contributed by atoms with E-state index in [0.29, 0.717) is 56.4 Å². The highest BCUT2D eigenvalue weighted by Gasteiger charge is 2.66. The van der Waals surface area contributed by atoms with E-state index in [0.717, 1.165) is 32.1 Å². The number of ketones is 1. The Hall–Kier alpha value is -0.750. The molecule has 2 aliphatic heterocycles. The minimum Gasteiger partial charge on any atom is -0.348 e. The summed E-state index contributed by atoms with van der Waals surface area (Å²) < 4.78 is 24.3. The first kappa shape index (κ1) is 19.9. The van der Waals surface area contributed by atoms with Crippen LogP contribution in [0.5, 0.6) is 0 Å². The van der Waals surface area contributed by atoms with Crippen molar-refractivity contribution in [3.63, 3.8) is 0 Å². The Morgan fingerprint density at radius 3 is 2.33 bits per heavy atom. The average molecular weight is 417 g/mol. The fourth-order valence-corrected chi connectivity index (χ4v) is 8.77. The molecule has 5 nitrogen and oxygen atoms in total. The molecule has 0 aromatic carbocycles. The lowest BCUT2D eigenvalue weighted by atomic mass is 9.46. The summed E-state index contributed by atoms with van der Waals surface area (Å²) in [7, 11) is 0. The van der Waals surface area contributed by atoms with Gasteiger partial charge in [0.25, 0.3) is 0 Å². The second-order valence-electron chi connectivity index (χ2n) is 11.4. The Morgan fingerprint density at radius 2 is 1.60 bits per heavy atom. The lowest BCUT2D eigenvalue weighted by Gasteiger charge is -2.58. The lowest BCUT2D eigenvalue weighted by Crippen LogP contribution is -2.57. The quantitative estimate of drug-likeness (QED) is 0.598. The zero-order valence-electron chi connectivity index (χ0n) is 18.7. The van der Waals surface area contributed by atoms with Crippen molar-refractivity contribution in [2.45, 2.75) is 77.3 Å². The van der Waals surface area contributed by atoms with Gasteiger partial charge in [-0.3, -0.25) is 4.79 Å². The number of carbonyl (C=O) groups is 1. The second kappa shape index (κ2) is 6.40. The Bertz CT molecular complexity index is 776. The number of ether oxygens (including phenoxy) is 4. The molecule has 1 spiro atoms. The molecular formula is C25H36O5. The summed E-state index contributed by atoms with van der Waals surface area (Å²) in [6.07, 6.45) is 9.17. The Labute approximate surface area is 179 Å². The number of hydrogen-bond acceptors (Lipinski definition) is 5. The third-order valence-corrected chi connectivity index (χ3v) is 10.1. The third kappa shape index (κ3) is 2.52. The van der Waals surface area contributed by atoms with Crippen molar-refractivity contribution in [1.82, 2.24) is 0 Å². The van der Waals surface area contributed by atoms with Crippen LogP contribution in [0, 0.1) is 34.5 Å². The van der Waals surface area contributed by atoms with Crippen LogP contribution in [0.4, 0.5) is 0 Å². The maximum Gasteiger partial charge on any atom is 0.172 e. The number of fused-ring (bicyclic) bond motifs is 5. The number of hydrogen-bond donors (Lipinski definition) is 0. The van der Waals surface area contributed by atoms with Crippen LogP contribution in [-0.4, -0.2) is 43.8 Å². The fraction of sp³-hybridized carbons (Fsp3) is 0.880. The summed E-state index contributed by atoms with van der Waals surface area (Å²) in [6.45, 7) is 9.55. The molecule has 0 amide bonds. The van der Waals surface area contributed by atoms with Crippen molar-refractivity contribution in [3.05, 3.63) is 11.6 Å². The van der Waals surface area contributed by atoms with E-state index in [1.165, 1.54) is 12.0 Å². The maximum absolute atomic E-state index is 13.8. The molecule has 0 aromatic rings. The molecule has 5 heteroatoms. The van der Waals surface area contributed by atoms with Crippen molar-refractivity contribution in [2.24, 2.45) is 34.5 Å². The van der Waals surface area contributed by atoms with E-state index in [4.69, 9.17) is 18.9 Å². The maximum atomic E-state index is 13.8. The highest BCUT2D eigenvalue weighted by atomic mass is 16.7. The number of Topliss-reactive ketones (excluding diaryl/α,β-unsaturated/α-hetero) is 1. The highest BCUT2D eigenvalue weighted by Crippen LogP contribution is 2.67. The van der Waals surface area contributed by atoms with Gasteiger partial charge in [0.05, 0.1) is 26.4 Å². The van der Waals surface area contributed by atoms with Crippen molar-refractivity contribution in [3.8, 4) is 0 Å². The van der Waals surface area contributed by atoms with Gasteiger partial charge in [-0.25, -0.2) is 0 Å². The molecule has 0 bridgehead atoms. The summed E-state index contributed by atoms with van der Waals surface area (Å²) in [6, 6.07) is 0. The van der Waals surface area contributed by atoms with E-state index in [-0.39, 0.29) is 16.7 Å². The predicted octanol–water partition coefficient (Wildman–Crippen LogP) is 4.25. The van der Waals surface area contributed by atoms with E-state index < -0.39 is 11.6 Å². The van der Waals surface area contributed by atoms with E-state index in [1.807, 2.05) is 0 Å². The first-order valence-electron chi connectivity index (χ1n) is 12.1. The van der Waals surface area contributed by atoms with Gasteiger partial charge in [-0.1, -0.05) is 25.5 Å². The standard InChI is InChI=1S/C25H36O5/c1-22-8-9-25(29-12-13-30-25)14-16(22)4-5-17-18-6-7-20(24(3)27-10-11-28-24)23(18,2)15-19(26)21(17)22/h4,17-18,20-21H,5-15H2,1-3H3/t17?,18?,20-,21?,22-,23-/m0/s1. The Balaban J connectivity index is 1.33. The van der Waals surface area contributed by atoms with Gasteiger partial charge >= 0.3 is 0 Å². The Morgan fingerprint density at radius 1 is 0.900 bits per heavy atom. The van der Waals surface area contributed by atoms with Crippen LogP contribution in [-0.2, 0) is 23.7 Å². The summed E-state index contributed by atoms with van der Waals surface area (Å²) in [5, 5.41) is 0. The van der Waals surface area contributed by atoms with Crippen LogP contribution in [0.1, 0.15) is 65.7 Å². The van der Waals surface area contributed by atoms with Gasteiger partial charge in [0.1, 0.15) is 5.78 Å². The van der Waals surface area contributed by atoms with Gasteiger partial charge < -0.3 is 18.9 Å². The molecule has 5 fully saturated rings. The van der Waals surface area contributed by atoms with Crippen LogP contribution >= 0.6 is 0 Å². The minimum atomic E-state index is -0.523. The second-order valence-corrected chi connectivity index (χ2v) is 11.4. The van der Waals surface area contributed by atoms with Crippen molar-refractivity contribution in [1.29, 1.82) is 0 Å². The van der Waals surface area contributed by atoms with Crippen molar-refractivity contribution >= 4 is 5.78 Å². The lowest BCUT2D eigenvalue weighted by molar-refractivity contribution is -0.215. The monoisotopic (exact) mass is 416 g/mol. The smallest absolute Gasteiger partial charge is 0.172 e. The Kier molecular flexibility index (Phi) is 4.25. The molecule has 166 valence electrons. The van der Waals surface area contributed by atoms with Crippen LogP contribution in [0.2, 0.25) is 0 Å². The third-order valence-electron chi connectivity index (χ3n) is 10.1. The van der Waals surface area contributed by atoms with Gasteiger partial charge in [-0.2, -0.15) is 0 Å². The first-order chi connectivity index (χ1) is 14.3. The number of allylic oxidation sites excluding steroid dienone is 1. The molecule has 0 aromatic heterocycles. The predicted molar refractivity (Wildman–Crippen MR) is 111 cm³/mol. The molecular weight excluding hydrogens is 380 g/mol. The zero-order chi connectivity index (χ0) is 20.8. The molecule has 6 aliphatic rings. The van der Waals surface area contributed by atoms with Gasteiger partial charge in [0.2, 0.25) is 0 Å². The van der Waals surface area contributed by atoms with Crippen molar-refractivity contribution in [2.75, 3.05) is 26.4 Å². The average Bonchev–Trinajstić information content (AvgIpc) is 3.41. The fourth-order valence-electron chi connectivity index (χ4n) is 8.77. The minimum absolute atomic E-state index is 0.0212. The van der Waals surface area contributed by atoms with Gasteiger partial charge in [-0.15, -0.1) is 0 Å². The van der Waals surface area contributed by atoms with Gasteiger partial charge in [-0.05, 0) is 55.3 Å². The van der Waals surface area contributed by atoms with E-state index >= 15 is 0 Å². The van der Waals surface area contributed by atoms with E-state index in [9.17, 15) is 4.79 Å². The summed E-state index contributed by atoms with van der Waals surface area (Å²) in [4.78, 5) is 13.8.